The summed E-state index contributed by atoms with van der Waals surface area (Å²) in [6, 6.07) is 7.50. The molecule has 0 aliphatic carbocycles. The fourth-order valence-electron chi connectivity index (χ4n) is 3.48. The van der Waals surface area contributed by atoms with Gasteiger partial charge in [-0.15, -0.1) is 0 Å². The second kappa shape index (κ2) is 15.2. The predicted molar refractivity (Wildman–Crippen MR) is 143 cm³/mol. The van der Waals surface area contributed by atoms with Crippen molar-refractivity contribution < 1.29 is 28.5 Å². The van der Waals surface area contributed by atoms with Gasteiger partial charge in [-0.1, -0.05) is 34.3 Å². The average Bonchev–Trinajstić information content (AvgIpc) is 2.88. The molecule has 0 amide bonds. The van der Waals surface area contributed by atoms with Crippen molar-refractivity contribution in [1.82, 2.24) is 4.98 Å². The van der Waals surface area contributed by atoms with Crippen LogP contribution in [-0.2, 0) is 4.79 Å². The monoisotopic (exact) mass is 519 g/mol. The first-order valence-electron chi connectivity index (χ1n) is 12.4. The Morgan fingerprint density at radius 1 is 1.19 bits per heavy atom. The molecule has 0 aliphatic rings. The molecule has 0 spiro atoms. The number of hydrogen-bond donors (Lipinski definition) is 4. The van der Waals surface area contributed by atoms with Gasteiger partial charge in [0.1, 0.15) is 17.7 Å². The minimum atomic E-state index is -3.27. The summed E-state index contributed by atoms with van der Waals surface area (Å²) in [6.07, 6.45) is 0.841. The highest BCUT2D eigenvalue weighted by molar-refractivity contribution is 6.05. The van der Waals surface area contributed by atoms with E-state index in [0.717, 1.165) is 19.3 Å². The Morgan fingerprint density at radius 2 is 1.78 bits per heavy atom. The van der Waals surface area contributed by atoms with Crippen LogP contribution in [0.2, 0.25) is 0 Å². The largest absolute Gasteiger partial charge is 0.433 e. The smallest absolute Gasteiger partial charge is 0.394 e. The number of ketones is 1. The van der Waals surface area contributed by atoms with Gasteiger partial charge in [-0.25, -0.2) is 4.98 Å². The number of nitrogens with one attached hydrogen (secondary N) is 2. The second-order valence-electron chi connectivity index (χ2n) is 8.72. The molecule has 0 saturated carbocycles. The molecule has 4 N–H and O–H groups in total. The van der Waals surface area contributed by atoms with Gasteiger partial charge in [0, 0.05) is 41.9 Å². The summed E-state index contributed by atoms with van der Waals surface area (Å²) in [5, 5.41) is 31.4. The zero-order valence-electron chi connectivity index (χ0n) is 22.2. The first kappa shape index (κ1) is 31.9. The third-order valence-electron chi connectivity index (χ3n) is 5.89. The van der Waals surface area contributed by atoms with Crippen LogP contribution in [0.4, 0.5) is 20.3 Å². The number of benzene rings is 1. The van der Waals surface area contributed by atoms with Gasteiger partial charge < -0.3 is 25.7 Å². The number of hydrogen-bond acceptors (Lipinski definition) is 7. The lowest BCUT2D eigenvalue weighted by atomic mass is 9.88. The van der Waals surface area contributed by atoms with Gasteiger partial charge in [-0.3, -0.25) is 4.79 Å². The van der Waals surface area contributed by atoms with E-state index in [2.05, 4.69) is 21.6 Å². The van der Waals surface area contributed by atoms with Crippen molar-refractivity contribution in [3.63, 3.8) is 0 Å². The number of aliphatic hydroxyl groups is 2. The van der Waals surface area contributed by atoms with Crippen molar-refractivity contribution in [1.29, 1.82) is 5.41 Å². The van der Waals surface area contributed by atoms with Crippen molar-refractivity contribution >= 4 is 23.0 Å². The Morgan fingerprint density at radius 3 is 2.22 bits per heavy atom. The number of nitrogens with zero attached hydrogens (tertiary/aromatic N) is 1. The summed E-state index contributed by atoms with van der Waals surface area (Å²) in [7, 11) is 0. The van der Waals surface area contributed by atoms with Crippen LogP contribution >= 0.6 is 0 Å². The van der Waals surface area contributed by atoms with Crippen LogP contribution in [0.25, 0.3) is 0 Å². The van der Waals surface area contributed by atoms with Gasteiger partial charge in [0.15, 0.2) is 5.78 Å². The van der Waals surface area contributed by atoms with Crippen LogP contribution in [0, 0.1) is 17.2 Å². The lowest BCUT2D eigenvalue weighted by Gasteiger charge is -2.22. The van der Waals surface area contributed by atoms with Crippen LogP contribution in [-0.4, -0.2) is 39.4 Å². The Labute approximate surface area is 218 Å². The first-order chi connectivity index (χ1) is 17.4. The first-order valence-corrected chi connectivity index (χ1v) is 12.4. The summed E-state index contributed by atoms with van der Waals surface area (Å²) in [6.45, 7) is 11.4. The maximum absolute atomic E-state index is 13.0. The van der Waals surface area contributed by atoms with E-state index < -0.39 is 18.8 Å². The van der Waals surface area contributed by atoms with E-state index in [9.17, 15) is 23.8 Å². The van der Waals surface area contributed by atoms with E-state index in [1.807, 2.05) is 27.7 Å². The molecule has 9 heteroatoms. The summed E-state index contributed by atoms with van der Waals surface area (Å²) >= 11 is 0. The summed E-state index contributed by atoms with van der Waals surface area (Å²) in [5.41, 5.74) is 1.72. The molecular weight excluding hydrogens is 480 g/mol. The highest BCUT2D eigenvalue weighted by Gasteiger charge is 2.25. The molecule has 7 nitrogen and oxygen atoms in total. The predicted octanol–water partition coefficient (Wildman–Crippen LogP) is 6.43. The SMILES string of the molecule is C=CC(=O)C(C)CC.CCC(CC)C(=N)c1c(C(O)CO)ccnc1Nc1ccc(OC(C)(F)F)cc1. The van der Waals surface area contributed by atoms with Crippen LogP contribution in [0.3, 0.4) is 0 Å². The zero-order valence-corrected chi connectivity index (χ0v) is 22.2. The number of ether oxygens (including phenoxy) is 1. The third-order valence-corrected chi connectivity index (χ3v) is 5.89. The third kappa shape index (κ3) is 10.0. The van der Waals surface area contributed by atoms with Crippen molar-refractivity contribution in [2.24, 2.45) is 11.8 Å². The average molecular weight is 520 g/mol. The number of carbonyl (C=O) groups is 1. The molecular formula is C28H39F2N3O4. The number of pyridine rings is 1. The fraction of sp³-hybridized carbons (Fsp3) is 0.464. The molecule has 0 radical (unpaired) electrons. The Kier molecular flexibility index (Phi) is 13.1. The minimum Gasteiger partial charge on any atom is -0.433 e. The normalized spacial score (nSPS) is 12.7. The van der Waals surface area contributed by atoms with Crippen molar-refractivity contribution in [2.75, 3.05) is 11.9 Å². The van der Waals surface area contributed by atoms with Gasteiger partial charge >= 0.3 is 6.11 Å². The highest BCUT2D eigenvalue weighted by Crippen LogP contribution is 2.31. The topological polar surface area (TPSA) is 116 Å². The van der Waals surface area contributed by atoms with Gasteiger partial charge in [0.25, 0.3) is 0 Å². The molecule has 2 rings (SSSR count). The maximum atomic E-state index is 13.0. The zero-order chi connectivity index (χ0) is 28.2. The van der Waals surface area contributed by atoms with Crippen molar-refractivity contribution in [2.45, 2.75) is 66.1 Å². The molecule has 2 aromatic rings. The highest BCUT2D eigenvalue weighted by atomic mass is 19.3. The van der Waals surface area contributed by atoms with E-state index in [4.69, 9.17) is 5.41 Å². The number of alkyl halides is 2. The van der Waals surface area contributed by atoms with Crippen LogP contribution in [0.1, 0.15) is 71.1 Å². The summed E-state index contributed by atoms with van der Waals surface area (Å²) in [4.78, 5) is 14.9. The van der Waals surface area contributed by atoms with Crippen molar-refractivity contribution in [3.05, 3.63) is 60.3 Å². The lowest BCUT2D eigenvalue weighted by Crippen LogP contribution is -2.20. The van der Waals surface area contributed by atoms with Crippen LogP contribution in [0.15, 0.2) is 49.2 Å². The molecule has 204 valence electrons. The number of allylic oxidation sites excluding steroid dienone is 1. The number of halogens is 2. The van der Waals surface area contributed by atoms with Gasteiger partial charge in [-0.2, -0.15) is 8.78 Å². The van der Waals surface area contributed by atoms with E-state index >= 15 is 0 Å². The van der Waals surface area contributed by atoms with E-state index in [-0.39, 0.29) is 23.4 Å². The fourth-order valence-corrected chi connectivity index (χ4v) is 3.48. The second-order valence-corrected chi connectivity index (χ2v) is 8.72. The Bertz CT molecular complexity index is 1020. The van der Waals surface area contributed by atoms with E-state index in [1.165, 1.54) is 24.4 Å². The van der Waals surface area contributed by atoms with Gasteiger partial charge in [0.05, 0.1) is 6.61 Å². The van der Waals surface area contributed by atoms with Gasteiger partial charge in [0.2, 0.25) is 0 Å². The minimum absolute atomic E-state index is 0.0189. The molecule has 2 unspecified atom stereocenters. The van der Waals surface area contributed by atoms with E-state index in [0.29, 0.717) is 35.3 Å². The molecule has 1 aromatic carbocycles. The molecule has 1 aromatic heterocycles. The summed E-state index contributed by atoms with van der Waals surface area (Å²) < 4.78 is 30.5. The number of anilines is 2. The Balaban J connectivity index is 0.000000738. The molecule has 2 atom stereocenters. The molecule has 0 bridgehead atoms. The number of aliphatic hydroxyl groups excluding tert-OH is 2. The number of aromatic nitrogens is 1. The molecule has 0 saturated heterocycles. The summed E-state index contributed by atoms with van der Waals surface area (Å²) in [5.74, 6) is 0.638. The van der Waals surface area contributed by atoms with Crippen LogP contribution in [0.5, 0.6) is 5.75 Å². The van der Waals surface area contributed by atoms with E-state index in [1.54, 1.807) is 18.2 Å². The maximum Gasteiger partial charge on any atom is 0.394 e. The number of rotatable bonds is 13. The Hall–Kier alpha value is -3.17. The quantitative estimate of drug-likeness (QED) is 0.179. The van der Waals surface area contributed by atoms with Crippen LogP contribution < -0.4 is 10.1 Å². The standard InChI is InChI=1S/C21H27F2N3O3.C7H12O/c1-4-13(5-2)19(24)18-16(17(28)12-27)10-11-25-20(18)26-14-6-8-15(9-7-14)29-21(3,22)23;1-4-6(3)7(8)5-2/h6-11,13,17,24,27-28H,4-5,12H2,1-3H3,(H,25,26);5-6H,2,4H2,1,3H3. The van der Waals surface area contributed by atoms with Crippen molar-refractivity contribution in [3.8, 4) is 5.75 Å². The molecule has 1 heterocycles. The lowest BCUT2D eigenvalue weighted by molar-refractivity contribution is -0.158. The molecule has 0 aliphatic heterocycles. The number of carbonyl (C=O) groups excluding carboxylic acids is 1. The molecule has 0 fully saturated rings. The van der Waals surface area contributed by atoms with Gasteiger partial charge in [-0.05, 0) is 61.2 Å². The molecule has 37 heavy (non-hydrogen) atoms.